The van der Waals surface area contributed by atoms with Crippen LogP contribution < -0.4 is 5.32 Å². The maximum Gasteiger partial charge on any atom is 0.0863 e. The van der Waals surface area contributed by atoms with Gasteiger partial charge in [-0.25, -0.2) is 0 Å². The molecule has 5 heteroatoms. The van der Waals surface area contributed by atoms with Gasteiger partial charge in [0.1, 0.15) is 0 Å². The minimum absolute atomic E-state index is 0.774. The van der Waals surface area contributed by atoms with Crippen LogP contribution in [-0.2, 0) is 19.5 Å². The number of rotatable bonds is 6. The maximum atomic E-state index is 6.40. The van der Waals surface area contributed by atoms with Crippen LogP contribution in [0.4, 0.5) is 0 Å². The van der Waals surface area contributed by atoms with Gasteiger partial charge in [0.05, 0.1) is 16.4 Å². The largest absolute Gasteiger partial charge is 0.310 e. The predicted octanol–water partition coefficient (Wildman–Crippen LogP) is 3.49. The van der Waals surface area contributed by atoms with Crippen molar-refractivity contribution in [3.63, 3.8) is 0 Å². The number of aromatic nitrogens is 2. The van der Waals surface area contributed by atoms with E-state index in [9.17, 15) is 0 Å². The molecule has 2 rings (SSSR count). The molecule has 0 aromatic carbocycles. The molecule has 0 amide bonds. The molecule has 1 aliphatic rings. The summed E-state index contributed by atoms with van der Waals surface area (Å²) >= 11 is 8.51. The van der Waals surface area contributed by atoms with Gasteiger partial charge in [0.2, 0.25) is 0 Å². The summed E-state index contributed by atoms with van der Waals surface area (Å²) in [6, 6.07) is 0. The normalized spacial score (nSPS) is 19.8. The molecule has 2 heterocycles. The van der Waals surface area contributed by atoms with E-state index in [1.54, 1.807) is 0 Å². The van der Waals surface area contributed by atoms with Gasteiger partial charge in [-0.05, 0) is 31.9 Å². The van der Waals surface area contributed by atoms with Crippen LogP contribution in [0.5, 0.6) is 0 Å². The Morgan fingerprint density at radius 2 is 2.26 bits per heavy atom. The standard InChI is InChI=1S/C14H24ClN3S/c1-3-12-14(15)13(18(4-2)17-12)10-16-9-11-7-5-6-8-19-11/h11,16H,3-10H2,1-2H3. The Balaban J connectivity index is 1.89. The van der Waals surface area contributed by atoms with Crippen molar-refractivity contribution < 1.29 is 0 Å². The molecule has 1 aliphatic heterocycles. The summed E-state index contributed by atoms with van der Waals surface area (Å²) in [6.07, 6.45) is 5.01. The van der Waals surface area contributed by atoms with Crippen molar-refractivity contribution in [2.24, 2.45) is 0 Å². The lowest BCUT2D eigenvalue weighted by Gasteiger charge is -2.21. The summed E-state index contributed by atoms with van der Waals surface area (Å²) in [4.78, 5) is 0. The van der Waals surface area contributed by atoms with E-state index in [4.69, 9.17) is 11.6 Å². The molecule has 19 heavy (non-hydrogen) atoms. The van der Waals surface area contributed by atoms with Crippen LogP contribution in [0, 0.1) is 0 Å². The highest BCUT2D eigenvalue weighted by atomic mass is 35.5. The summed E-state index contributed by atoms with van der Waals surface area (Å²) in [6.45, 7) is 7.01. The van der Waals surface area contributed by atoms with Gasteiger partial charge in [-0.1, -0.05) is 24.9 Å². The molecule has 1 fully saturated rings. The first-order valence-corrected chi connectivity index (χ1v) is 8.75. The summed E-state index contributed by atoms with van der Waals surface area (Å²) in [7, 11) is 0. The monoisotopic (exact) mass is 301 g/mol. The minimum Gasteiger partial charge on any atom is -0.310 e. The van der Waals surface area contributed by atoms with Crippen molar-refractivity contribution in [1.29, 1.82) is 0 Å². The Hall–Kier alpha value is -0.190. The molecule has 0 saturated carbocycles. The van der Waals surface area contributed by atoms with Crippen LogP contribution in [-0.4, -0.2) is 27.3 Å². The Kier molecular flexibility index (Phi) is 6.05. The maximum absolute atomic E-state index is 6.40. The first kappa shape index (κ1) is 15.2. The van der Waals surface area contributed by atoms with E-state index >= 15 is 0 Å². The van der Waals surface area contributed by atoms with Gasteiger partial charge in [-0.15, -0.1) is 0 Å². The average Bonchev–Trinajstić information content (AvgIpc) is 2.76. The van der Waals surface area contributed by atoms with Gasteiger partial charge >= 0.3 is 0 Å². The fourth-order valence-corrected chi connectivity index (χ4v) is 4.12. The molecular weight excluding hydrogens is 278 g/mol. The lowest BCUT2D eigenvalue weighted by molar-refractivity contribution is 0.557. The second-order valence-corrected chi connectivity index (χ2v) is 6.78. The van der Waals surface area contributed by atoms with Crippen molar-refractivity contribution in [2.45, 2.75) is 57.9 Å². The Morgan fingerprint density at radius 3 is 2.89 bits per heavy atom. The summed E-state index contributed by atoms with van der Waals surface area (Å²) in [5, 5.41) is 9.74. The van der Waals surface area contributed by atoms with Crippen molar-refractivity contribution in [1.82, 2.24) is 15.1 Å². The molecule has 0 radical (unpaired) electrons. The second kappa shape index (κ2) is 7.55. The van der Waals surface area contributed by atoms with Crippen molar-refractivity contribution >= 4 is 23.4 Å². The van der Waals surface area contributed by atoms with E-state index < -0.39 is 0 Å². The minimum atomic E-state index is 0.774. The van der Waals surface area contributed by atoms with Crippen molar-refractivity contribution in [2.75, 3.05) is 12.3 Å². The molecule has 0 bridgehead atoms. The highest BCUT2D eigenvalue weighted by Gasteiger charge is 2.16. The van der Waals surface area contributed by atoms with Crippen LogP contribution in [0.15, 0.2) is 0 Å². The third-order valence-corrected chi connectivity index (χ3v) is 5.47. The van der Waals surface area contributed by atoms with E-state index in [1.165, 1.54) is 25.0 Å². The molecule has 3 nitrogen and oxygen atoms in total. The Bertz CT molecular complexity index is 400. The molecule has 1 unspecified atom stereocenters. The Labute approximate surface area is 125 Å². The van der Waals surface area contributed by atoms with Crippen molar-refractivity contribution in [3.8, 4) is 0 Å². The third-order valence-electron chi connectivity index (χ3n) is 3.63. The van der Waals surface area contributed by atoms with Gasteiger partial charge < -0.3 is 5.32 Å². The Morgan fingerprint density at radius 1 is 1.42 bits per heavy atom. The van der Waals surface area contributed by atoms with Crippen molar-refractivity contribution in [3.05, 3.63) is 16.4 Å². The zero-order chi connectivity index (χ0) is 13.7. The van der Waals surface area contributed by atoms with Crippen LogP contribution in [0.1, 0.15) is 44.5 Å². The molecule has 1 atom stereocenters. The first-order valence-electron chi connectivity index (χ1n) is 7.32. The van der Waals surface area contributed by atoms with E-state index in [1.807, 2.05) is 4.68 Å². The highest BCUT2D eigenvalue weighted by molar-refractivity contribution is 7.99. The summed E-state index contributed by atoms with van der Waals surface area (Å²) < 4.78 is 2.03. The van der Waals surface area contributed by atoms with Gasteiger partial charge in [0.15, 0.2) is 0 Å². The second-order valence-electron chi connectivity index (χ2n) is 5.00. The summed E-state index contributed by atoms with van der Waals surface area (Å²) in [5.74, 6) is 1.32. The topological polar surface area (TPSA) is 29.9 Å². The third kappa shape index (κ3) is 3.89. The molecule has 108 valence electrons. The van der Waals surface area contributed by atoms with Crippen LogP contribution in [0.25, 0.3) is 0 Å². The molecule has 1 saturated heterocycles. The van der Waals surface area contributed by atoms with E-state index in [0.717, 1.165) is 47.7 Å². The number of hydrogen-bond donors (Lipinski definition) is 1. The number of nitrogens with one attached hydrogen (secondary N) is 1. The van der Waals surface area contributed by atoms with Crippen LogP contribution >= 0.6 is 23.4 Å². The van der Waals surface area contributed by atoms with Gasteiger partial charge in [0, 0.05) is 24.9 Å². The summed E-state index contributed by atoms with van der Waals surface area (Å²) in [5.41, 5.74) is 2.16. The number of nitrogens with zero attached hydrogens (tertiary/aromatic N) is 2. The molecule has 1 N–H and O–H groups in total. The lowest BCUT2D eigenvalue weighted by atomic mass is 10.2. The molecule has 1 aromatic heterocycles. The first-order chi connectivity index (χ1) is 9.26. The van der Waals surface area contributed by atoms with Crippen LogP contribution in [0.2, 0.25) is 5.02 Å². The fourth-order valence-electron chi connectivity index (χ4n) is 2.51. The number of halogens is 1. The molecule has 0 aliphatic carbocycles. The average molecular weight is 302 g/mol. The fraction of sp³-hybridized carbons (Fsp3) is 0.786. The number of aryl methyl sites for hydroxylation is 2. The van der Waals surface area contributed by atoms with Gasteiger partial charge in [0.25, 0.3) is 0 Å². The molecular formula is C14H24ClN3S. The predicted molar refractivity (Wildman–Crippen MR) is 84.1 cm³/mol. The van der Waals surface area contributed by atoms with Gasteiger partial charge in [-0.2, -0.15) is 16.9 Å². The van der Waals surface area contributed by atoms with E-state index in [-0.39, 0.29) is 0 Å². The zero-order valence-corrected chi connectivity index (χ0v) is 13.5. The highest BCUT2D eigenvalue weighted by Crippen LogP contribution is 2.25. The van der Waals surface area contributed by atoms with Crippen LogP contribution in [0.3, 0.4) is 0 Å². The van der Waals surface area contributed by atoms with Gasteiger partial charge in [-0.3, -0.25) is 4.68 Å². The van der Waals surface area contributed by atoms with E-state index in [0.29, 0.717) is 0 Å². The van der Waals surface area contributed by atoms with E-state index in [2.05, 4.69) is 36.0 Å². The smallest absolute Gasteiger partial charge is 0.0863 e. The zero-order valence-electron chi connectivity index (χ0n) is 11.9. The number of thioether (sulfide) groups is 1. The molecule has 1 aromatic rings. The SMILES string of the molecule is CCc1nn(CC)c(CNCC2CCCCS2)c1Cl. The number of hydrogen-bond acceptors (Lipinski definition) is 3. The lowest BCUT2D eigenvalue weighted by Crippen LogP contribution is -2.27. The quantitative estimate of drug-likeness (QED) is 0.872. The molecule has 0 spiro atoms.